The molecule has 74 valence electrons. The van der Waals surface area contributed by atoms with Crippen LogP contribution in [0, 0.1) is 28.6 Å². The van der Waals surface area contributed by atoms with Crippen molar-refractivity contribution in [2.24, 2.45) is 28.9 Å². The maximum Gasteiger partial charge on any atom is 0.0908 e. The Bertz CT molecular complexity index is 230. The molecule has 0 spiro atoms. The van der Waals surface area contributed by atoms with E-state index in [1.54, 1.807) is 0 Å². The summed E-state index contributed by atoms with van der Waals surface area (Å²) in [5, 5.41) is 7.35. The van der Waals surface area contributed by atoms with Gasteiger partial charge in [-0.2, -0.15) is 0 Å². The van der Waals surface area contributed by atoms with Gasteiger partial charge in [-0.3, -0.25) is 5.41 Å². The SMILES string of the molecule is CC1(C)C2CCC(CC(=N)N)C1C2. The van der Waals surface area contributed by atoms with Gasteiger partial charge >= 0.3 is 0 Å². The Morgan fingerprint density at radius 1 is 1.46 bits per heavy atom. The number of nitrogens with two attached hydrogens (primary N) is 1. The molecule has 3 saturated carbocycles. The third-order valence-corrected chi connectivity index (χ3v) is 4.48. The van der Waals surface area contributed by atoms with Gasteiger partial charge in [0.25, 0.3) is 0 Å². The van der Waals surface area contributed by atoms with Crippen molar-refractivity contribution < 1.29 is 0 Å². The molecule has 3 aliphatic rings. The van der Waals surface area contributed by atoms with Crippen LogP contribution in [0.25, 0.3) is 0 Å². The molecule has 0 saturated heterocycles. The molecule has 0 aromatic carbocycles. The van der Waals surface area contributed by atoms with Gasteiger partial charge in [0.15, 0.2) is 0 Å². The standard InChI is InChI=1S/C11H20N2/c1-11(2)8-4-3-7(5-10(12)13)9(11)6-8/h7-9H,3-6H2,1-2H3,(H3,12,13). The average molecular weight is 180 g/mol. The Balaban J connectivity index is 2.03. The van der Waals surface area contributed by atoms with Crippen LogP contribution in [0.2, 0.25) is 0 Å². The monoisotopic (exact) mass is 180 g/mol. The zero-order chi connectivity index (χ0) is 9.64. The summed E-state index contributed by atoms with van der Waals surface area (Å²) in [6.45, 7) is 4.77. The molecular weight excluding hydrogens is 160 g/mol. The van der Waals surface area contributed by atoms with E-state index in [2.05, 4.69) is 13.8 Å². The maximum absolute atomic E-state index is 7.35. The lowest BCUT2D eigenvalue weighted by Crippen LogP contribution is -2.52. The smallest absolute Gasteiger partial charge is 0.0908 e. The molecule has 2 bridgehead atoms. The molecule has 0 aromatic heterocycles. The van der Waals surface area contributed by atoms with Crippen LogP contribution in [0.3, 0.4) is 0 Å². The summed E-state index contributed by atoms with van der Waals surface area (Å²) in [7, 11) is 0. The van der Waals surface area contributed by atoms with Crippen molar-refractivity contribution in [3.63, 3.8) is 0 Å². The summed E-state index contributed by atoms with van der Waals surface area (Å²) in [6.07, 6.45) is 4.89. The van der Waals surface area contributed by atoms with Gasteiger partial charge in [-0.05, 0) is 42.4 Å². The van der Waals surface area contributed by atoms with Crippen molar-refractivity contribution in [3.05, 3.63) is 0 Å². The van der Waals surface area contributed by atoms with Crippen LogP contribution in [-0.4, -0.2) is 5.84 Å². The van der Waals surface area contributed by atoms with Crippen molar-refractivity contribution in [2.45, 2.75) is 39.5 Å². The quantitative estimate of drug-likeness (QED) is 0.497. The number of amidine groups is 1. The highest BCUT2D eigenvalue weighted by Gasteiger charge is 2.53. The van der Waals surface area contributed by atoms with Gasteiger partial charge in [-0.1, -0.05) is 13.8 Å². The highest BCUT2D eigenvalue weighted by Crippen LogP contribution is 2.61. The summed E-state index contributed by atoms with van der Waals surface area (Å²) in [5.74, 6) is 2.89. The molecule has 3 fully saturated rings. The molecule has 3 aliphatic carbocycles. The molecule has 2 nitrogen and oxygen atoms in total. The lowest BCUT2D eigenvalue weighted by atomic mass is 9.45. The zero-order valence-corrected chi connectivity index (χ0v) is 8.64. The van der Waals surface area contributed by atoms with E-state index in [-0.39, 0.29) is 0 Å². The van der Waals surface area contributed by atoms with Gasteiger partial charge in [-0.25, -0.2) is 0 Å². The summed E-state index contributed by atoms with van der Waals surface area (Å²) in [5.41, 5.74) is 6.01. The minimum Gasteiger partial charge on any atom is -0.388 e. The Hall–Kier alpha value is -0.530. The topological polar surface area (TPSA) is 49.9 Å². The highest BCUT2D eigenvalue weighted by atomic mass is 14.7. The number of hydrogen-bond donors (Lipinski definition) is 2. The summed E-state index contributed by atoms with van der Waals surface area (Å²) >= 11 is 0. The fourth-order valence-electron chi connectivity index (χ4n) is 3.49. The van der Waals surface area contributed by atoms with Crippen molar-refractivity contribution in [3.8, 4) is 0 Å². The lowest BCUT2D eigenvalue weighted by Gasteiger charge is -2.60. The van der Waals surface area contributed by atoms with Gasteiger partial charge in [0.1, 0.15) is 0 Å². The molecule has 0 heterocycles. The van der Waals surface area contributed by atoms with Gasteiger partial charge in [-0.15, -0.1) is 0 Å². The first-order valence-corrected chi connectivity index (χ1v) is 5.34. The molecular formula is C11H20N2. The fraction of sp³-hybridized carbons (Fsp3) is 0.909. The third kappa shape index (κ3) is 1.27. The second kappa shape index (κ2) is 2.73. The van der Waals surface area contributed by atoms with E-state index in [9.17, 15) is 0 Å². The van der Waals surface area contributed by atoms with E-state index in [1.165, 1.54) is 19.3 Å². The molecule has 0 radical (unpaired) electrons. The third-order valence-electron chi connectivity index (χ3n) is 4.48. The van der Waals surface area contributed by atoms with Gasteiger partial charge in [0.05, 0.1) is 5.84 Å². The second-order valence-electron chi connectivity index (χ2n) is 5.43. The molecule has 3 unspecified atom stereocenters. The van der Waals surface area contributed by atoms with E-state index in [0.717, 1.165) is 18.3 Å². The summed E-state index contributed by atoms with van der Waals surface area (Å²) < 4.78 is 0. The first-order valence-electron chi connectivity index (χ1n) is 5.34. The van der Waals surface area contributed by atoms with Crippen molar-refractivity contribution >= 4 is 5.84 Å². The number of nitrogens with one attached hydrogen (secondary N) is 1. The number of hydrogen-bond acceptors (Lipinski definition) is 1. The Kier molecular flexibility index (Phi) is 1.90. The Morgan fingerprint density at radius 3 is 2.62 bits per heavy atom. The Labute approximate surface area is 80.4 Å². The first kappa shape index (κ1) is 9.04. The fourth-order valence-corrected chi connectivity index (χ4v) is 3.49. The van der Waals surface area contributed by atoms with Crippen molar-refractivity contribution in [1.29, 1.82) is 5.41 Å². The average Bonchev–Trinajstić information content (AvgIpc) is 2.03. The van der Waals surface area contributed by atoms with Gasteiger partial charge < -0.3 is 5.73 Å². The minimum absolute atomic E-state index is 0.381. The maximum atomic E-state index is 7.35. The van der Waals surface area contributed by atoms with Crippen molar-refractivity contribution in [1.82, 2.24) is 0 Å². The molecule has 3 rings (SSSR count). The van der Waals surface area contributed by atoms with Crippen molar-refractivity contribution in [2.75, 3.05) is 0 Å². The minimum atomic E-state index is 0.381. The first-order chi connectivity index (χ1) is 6.01. The van der Waals surface area contributed by atoms with E-state index < -0.39 is 0 Å². The zero-order valence-electron chi connectivity index (χ0n) is 8.64. The lowest BCUT2D eigenvalue weighted by molar-refractivity contribution is -0.102. The van der Waals surface area contributed by atoms with E-state index in [4.69, 9.17) is 11.1 Å². The largest absolute Gasteiger partial charge is 0.388 e. The molecule has 3 atom stereocenters. The predicted octanol–water partition coefficient (Wildman–Crippen LogP) is 2.38. The van der Waals surface area contributed by atoms with E-state index >= 15 is 0 Å². The van der Waals surface area contributed by atoms with E-state index in [0.29, 0.717) is 17.2 Å². The van der Waals surface area contributed by atoms with Crippen LogP contribution < -0.4 is 5.73 Å². The van der Waals surface area contributed by atoms with Gasteiger partial charge in [0, 0.05) is 6.42 Å². The molecule has 3 N–H and O–H groups in total. The van der Waals surface area contributed by atoms with Gasteiger partial charge in [0.2, 0.25) is 0 Å². The summed E-state index contributed by atoms with van der Waals surface area (Å²) in [6, 6.07) is 0. The normalized spacial score (nSPS) is 40.9. The molecule has 13 heavy (non-hydrogen) atoms. The van der Waals surface area contributed by atoms with Crippen LogP contribution in [0.5, 0.6) is 0 Å². The van der Waals surface area contributed by atoms with Crippen LogP contribution >= 0.6 is 0 Å². The molecule has 2 heteroatoms. The Morgan fingerprint density at radius 2 is 2.15 bits per heavy atom. The number of fused-ring (bicyclic) bond motifs is 2. The van der Waals surface area contributed by atoms with E-state index in [1.807, 2.05) is 0 Å². The van der Waals surface area contributed by atoms with Crippen LogP contribution in [0.15, 0.2) is 0 Å². The molecule has 0 amide bonds. The highest BCUT2D eigenvalue weighted by molar-refractivity contribution is 5.77. The molecule has 0 aromatic rings. The summed E-state index contributed by atoms with van der Waals surface area (Å²) in [4.78, 5) is 0. The van der Waals surface area contributed by atoms with Crippen LogP contribution in [-0.2, 0) is 0 Å². The van der Waals surface area contributed by atoms with Crippen LogP contribution in [0.4, 0.5) is 0 Å². The second-order valence-corrected chi connectivity index (χ2v) is 5.43. The molecule has 0 aliphatic heterocycles. The van der Waals surface area contributed by atoms with Crippen LogP contribution in [0.1, 0.15) is 39.5 Å². The number of rotatable bonds is 2. The predicted molar refractivity (Wildman–Crippen MR) is 54.6 cm³/mol.